The largest absolute Gasteiger partial charge is 0.455 e. The molecule has 14 aromatic carbocycles. The van der Waals surface area contributed by atoms with E-state index in [2.05, 4.69) is 384 Å². The topological polar surface area (TPSA) is 32.8 Å². The Bertz CT molecular complexity index is 5950. The molecule has 4 nitrogen and oxygen atoms in total. The molecule has 5 heteroatoms. The molecule has 520 valence electrons. The number of fused-ring (bicyclic) bond motifs is 11. The predicted octanol–water partition coefficient (Wildman–Crippen LogP) is 28.8. The van der Waals surface area contributed by atoms with E-state index in [9.17, 15) is 0 Å². The van der Waals surface area contributed by atoms with E-state index in [-0.39, 0.29) is 27.5 Å². The predicted molar refractivity (Wildman–Crippen MR) is 444 cm³/mol. The van der Waals surface area contributed by atoms with Gasteiger partial charge in [-0.25, -0.2) is 4.39 Å². The zero-order valence-electron chi connectivity index (χ0n) is 62.5. The molecule has 2 heterocycles. The smallest absolute Gasteiger partial charge is 0.160 e. The first-order chi connectivity index (χ1) is 51.0. The van der Waals surface area contributed by atoms with Crippen molar-refractivity contribution in [3.8, 4) is 55.6 Å². The molecule has 0 aliphatic heterocycles. The monoisotopic (exact) mass is 1380 g/mol. The van der Waals surface area contributed by atoms with E-state index < -0.39 is 5.41 Å². The number of furan rings is 2. The van der Waals surface area contributed by atoms with Crippen molar-refractivity contribution in [2.75, 3.05) is 9.80 Å². The van der Waals surface area contributed by atoms with Crippen LogP contribution in [0.4, 0.5) is 38.5 Å². The fourth-order valence-electron chi connectivity index (χ4n) is 16.4. The van der Waals surface area contributed by atoms with Crippen molar-refractivity contribution in [1.29, 1.82) is 0 Å². The van der Waals surface area contributed by atoms with E-state index in [1.54, 1.807) is 12.1 Å². The Morgan fingerprint density at radius 1 is 0.283 bits per heavy atom. The summed E-state index contributed by atoms with van der Waals surface area (Å²) in [5, 5.41) is 3.56. The number of anilines is 6. The molecule has 1 aliphatic rings. The van der Waals surface area contributed by atoms with Gasteiger partial charge in [-0.05, 0) is 166 Å². The lowest BCUT2D eigenvalue weighted by Crippen LogP contribution is -2.30. The van der Waals surface area contributed by atoms with Crippen LogP contribution in [0, 0.1) is 5.82 Å². The summed E-state index contributed by atoms with van der Waals surface area (Å²) < 4.78 is 32.1. The van der Waals surface area contributed by atoms with Gasteiger partial charge < -0.3 is 18.6 Å². The van der Waals surface area contributed by atoms with Gasteiger partial charge in [-0.3, -0.25) is 0 Å². The summed E-state index contributed by atoms with van der Waals surface area (Å²) in [4.78, 5) is 4.95. The second-order valence-corrected chi connectivity index (χ2v) is 33.0. The van der Waals surface area contributed by atoms with Crippen LogP contribution < -0.4 is 9.80 Å². The molecule has 0 N–H and O–H groups in total. The molecule has 0 saturated heterocycles. The Morgan fingerprint density at radius 2 is 0.660 bits per heavy atom. The molecular formula is C101H87FN2O2. The molecule has 0 radical (unpaired) electrons. The van der Waals surface area contributed by atoms with Crippen LogP contribution in [0.2, 0.25) is 0 Å². The van der Waals surface area contributed by atoms with Crippen LogP contribution in [0.25, 0.3) is 99.5 Å². The van der Waals surface area contributed by atoms with Crippen LogP contribution in [0.1, 0.15) is 128 Å². The normalized spacial score (nSPS) is 13.0. The fourth-order valence-corrected chi connectivity index (χ4v) is 16.4. The van der Waals surface area contributed by atoms with E-state index in [1.807, 2.05) is 6.07 Å². The molecule has 2 aromatic heterocycles. The Kier molecular flexibility index (Phi) is 16.2. The van der Waals surface area contributed by atoms with Gasteiger partial charge in [0.25, 0.3) is 0 Å². The minimum Gasteiger partial charge on any atom is -0.455 e. The average Bonchev–Trinajstić information content (AvgIpc) is 1.50. The van der Waals surface area contributed by atoms with Crippen molar-refractivity contribution in [3.63, 3.8) is 0 Å². The van der Waals surface area contributed by atoms with Gasteiger partial charge in [-0.1, -0.05) is 320 Å². The number of rotatable bonds is 12. The van der Waals surface area contributed by atoms with E-state index in [0.29, 0.717) is 11.2 Å². The third kappa shape index (κ3) is 11.5. The highest BCUT2D eigenvalue weighted by Crippen LogP contribution is 2.65. The van der Waals surface area contributed by atoms with Gasteiger partial charge in [0.2, 0.25) is 0 Å². The quantitative estimate of drug-likeness (QED) is 0.122. The molecule has 0 fully saturated rings. The number of halogens is 1. The second-order valence-electron chi connectivity index (χ2n) is 33.0. The molecule has 106 heavy (non-hydrogen) atoms. The summed E-state index contributed by atoms with van der Waals surface area (Å²) in [6.45, 7) is 27.4. The summed E-state index contributed by atoms with van der Waals surface area (Å²) in [5.41, 5.74) is 25.9. The van der Waals surface area contributed by atoms with Gasteiger partial charge in [0, 0.05) is 55.9 Å². The van der Waals surface area contributed by atoms with E-state index in [0.717, 1.165) is 145 Å². The maximum Gasteiger partial charge on any atom is 0.160 e. The van der Waals surface area contributed by atoms with E-state index in [1.165, 1.54) is 22.3 Å². The summed E-state index contributed by atoms with van der Waals surface area (Å²) in [7, 11) is 0. The maximum atomic E-state index is 16.6. The van der Waals surface area contributed by atoms with Crippen molar-refractivity contribution in [2.45, 2.75) is 110 Å². The summed E-state index contributed by atoms with van der Waals surface area (Å²) in [6.07, 6.45) is 0. The third-order valence-electron chi connectivity index (χ3n) is 22.1. The zero-order valence-corrected chi connectivity index (χ0v) is 62.5. The van der Waals surface area contributed by atoms with Crippen molar-refractivity contribution in [1.82, 2.24) is 0 Å². The zero-order chi connectivity index (χ0) is 73.2. The molecule has 0 amide bonds. The first kappa shape index (κ1) is 67.4. The average molecular weight is 1380 g/mol. The molecule has 0 bridgehead atoms. The number of hydrogen-bond acceptors (Lipinski definition) is 4. The van der Waals surface area contributed by atoms with Gasteiger partial charge in [0.15, 0.2) is 5.58 Å². The fraction of sp³-hybridized carbons (Fsp3) is 0.168. The molecular weight excluding hydrogens is 1290 g/mol. The van der Waals surface area contributed by atoms with Gasteiger partial charge in [0.05, 0.1) is 33.6 Å². The minimum atomic E-state index is -1.14. The minimum absolute atomic E-state index is 0.129. The molecule has 0 atom stereocenters. The highest BCUT2D eigenvalue weighted by atomic mass is 19.1. The van der Waals surface area contributed by atoms with Crippen molar-refractivity contribution in [3.05, 3.63) is 360 Å². The number of hydrogen-bond donors (Lipinski definition) is 0. The molecule has 16 aromatic rings. The van der Waals surface area contributed by atoms with Crippen LogP contribution in [0.3, 0.4) is 0 Å². The number of para-hydroxylation sites is 1. The number of nitrogens with zero attached hydrogens (tertiary/aromatic N) is 2. The van der Waals surface area contributed by atoms with Crippen molar-refractivity contribution < 1.29 is 13.2 Å². The number of benzene rings is 14. The van der Waals surface area contributed by atoms with Crippen LogP contribution >= 0.6 is 0 Å². The van der Waals surface area contributed by atoms with Gasteiger partial charge in [0.1, 0.15) is 22.6 Å². The first-order valence-corrected chi connectivity index (χ1v) is 37.2. The third-order valence-corrected chi connectivity index (χ3v) is 22.1. The highest BCUT2D eigenvalue weighted by Gasteiger charge is 2.51. The maximum absolute atomic E-state index is 16.6. The summed E-state index contributed by atoms with van der Waals surface area (Å²) in [6, 6.07) is 113. The standard InChI is InChI=1S/C101H87FN2O2/c1-97(2,3)70-39-43-74(44-40-70)101(75-45-41-71(42-46-75)98(4,5)6)83-63-88(104(78-54-49-73(50-55-78)100(10,11)12)86-60-69(65-29-19-14-20-30-65)38-57-80(86)67-33-23-16-24-34-67)95-92(82-58-51-76(102)61-90(82)106-95)93(83)94-84(101)62-87(91-81-35-25-26-36-89(81)105-96(91)94)103(77-52-47-72(48-53-77)99(7,8)9)85-59-68(64-27-17-13-18-28-64)37-56-79(85)66-31-21-15-22-32-66/h13-63H,1-12H3. The van der Waals surface area contributed by atoms with Crippen molar-refractivity contribution in [2.24, 2.45) is 0 Å². The van der Waals surface area contributed by atoms with Crippen molar-refractivity contribution >= 4 is 78.0 Å². The van der Waals surface area contributed by atoms with Gasteiger partial charge in [-0.2, -0.15) is 0 Å². The summed E-state index contributed by atoms with van der Waals surface area (Å²) >= 11 is 0. The van der Waals surface area contributed by atoms with Gasteiger partial charge >= 0.3 is 0 Å². The van der Waals surface area contributed by atoms with E-state index >= 15 is 4.39 Å². The molecule has 17 rings (SSSR count). The van der Waals surface area contributed by atoms with Crippen LogP contribution in [0.15, 0.2) is 318 Å². The SMILES string of the molecule is CC(C)(C)c1ccc(N(c2cc(-c3ccccc3)ccc2-c2ccccc2)c2cc3c(c4c2oc2cc(F)ccc24)-c2c(cc(N(c4ccc(C(C)(C)C)cc4)c4cc(-c5ccccc5)ccc4-c4ccccc4)c4c2oc2ccccc24)C3(c2ccc(C(C)(C)C)cc2)c2ccc(C(C)(C)C)cc2)cc1. The molecule has 0 unspecified atom stereocenters. The Balaban J connectivity index is 1.09. The van der Waals surface area contributed by atoms with Gasteiger partial charge in [-0.15, -0.1) is 0 Å². The van der Waals surface area contributed by atoms with Crippen LogP contribution in [-0.2, 0) is 27.1 Å². The van der Waals surface area contributed by atoms with E-state index in [4.69, 9.17) is 8.83 Å². The lowest BCUT2D eigenvalue weighted by molar-refractivity contribution is 0.588. The first-order valence-electron chi connectivity index (χ1n) is 37.2. The lowest BCUT2D eigenvalue weighted by atomic mass is 9.66. The van der Waals surface area contributed by atoms with Crippen LogP contribution in [0.5, 0.6) is 0 Å². The Labute approximate surface area is 622 Å². The Morgan fingerprint density at radius 3 is 1.11 bits per heavy atom. The second kappa shape index (κ2) is 25.5. The Hall–Kier alpha value is -11.8. The summed E-state index contributed by atoms with van der Waals surface area (Å²) in [5.74, 6) is -0.389. The molecule has 0 spiro atoms. The van der Waals surface area contributed by atoms with Crippen LogP contribution in [-0.4, -0.2) is 0 Å². The highest BCUT2D eigenvalue weighted by molar-refractivity contribution is 6.26. The molecule has 0 saturated carbocycles. The molecule has 1 aliphatic carbocycles. The lowest BCUT2D eigenvalue weighted by Gasteiger charge is -2.37.